The lowest BCUT2D eigenvalue weighted by molar-refractivity contribution is -0.0324. The van der Waals surface area contributed by atoms with E-state index in [0.717, 1.165) is 55.2 Å². The predicted molar refractivity (Wildman–Crippen MR) is 109 cm³/mol. The largest absolute Gasteiger partial charge is 0.376 e. The molecule has 0 N–H and O–H groups in total. The van der Waals surface area contributed by atoms with Gasteiger partial charge in [0, 0.05) is 37.0 Å². The fourth-order valence-corrected chi connectivity index (χ4v) is 3.72. The summed E-state index contributed by atoms with van der Waals surface area (Å²) in [7, 11) is 0. The molecule has 2 aromatic carbocycles. The highest BCUT2D eigenvalue weighted by atomic mass is 19.1. The number of halogens is 1. The molecule has 5 heteroatoms. The molecule has 0 radical (unpaired) electrons. The Labute approximate surface area is 165 Å². The number of hydrogen-bond acceptors (Lipinski definition) is 3. The molecule has 3 aromatic rings. The zero-order valence-electron chi connectivity index (χ0n) is 16.4. The molecule has 146 valence electrons. The average molecular weight is 379 g/mol. The highest BCUT2D eigenvalue weighted by molar-refractivity contribution is 5.63. The van der Waals surface area contributed by atoms with Crippen LogP contribution in [0.1, 0.15) is 24.5 Å². The molecule has 0 aliphatic carbocycles. The van der Waals surface area contributed by atoms with Gasteiger partial charge in [-0.2, -0.15) is 5.10 Å². The summed E-state index contributed by atoms with van der Waals surface area (Å²) >= 11 is 0. The van der Waals surface area contributed by atoms with Gasteiger partial charge in [0.05, 0.1) is 24.1 Å². The molecule has 1 saturated heterocycles. The second kappa shape index (κ2) is 8.25. The van der Waals surface area contributed by atoms with E-state index in [4.69, 9.17) is 9.84 Å². The number of benzene rings is 2. The van der Waals surface area contributed by atoms with Gasteiger partial charge in [0.25, 0.3) is 0 Å². The first-order chi connectivity index (χ1) is 13.6. The molecule has 0 saturated carbocycles. The monoisotopic (exact) mass is 379 g/mol. The van der Waals surface area contributed by atoms with Crippen molar-refractivity contribution in [2.24, 2.45) is 0 Å². The van der Waals surface area contributed by atoms with Crippen LogP contribution in [0.2, 0.25) is 0 Å². The second-order valence-corrected chi connectivity index (χ2v) is 7.43. The summed E-state index contributed by atoms with van der Waals surface area (Å²) in [6.45, 7) is 7.56. The summed E-state index contributed by atoms with van der Waals surface area (Å²) in [6.07, 6.45) is 3.36. The Morgan fingerprint density at radius 2 is 2.04 bits per heavy atom. The lowest BCUT2D eigenvalue weighted by Gasteiger charge is -2.32. The third kappa shape index (κ3) is 4.16. The van der Waals surface area contributed by atoms with E-state index in [0.29, 0.717) is 0 Å². The summed E-state index contributed by atoms with van der Waals surface area (Å²) in [5, 5.41) is 4.83. The zero-order valence-corrected chi connectivity index (χ0v) is 16.4. The standard InChI is InChI=1S/C23H26FN3O/c1-3-22-16-26(10-11-28-22)14-19-15-27(21-9-4-6-17(2)12-21)25-23(19)18-7-5-8-20(24)13-18/h4-9,12-13,15,22H,3,10-11,14,16H2,1-2H3/t22-/m0/s1. The van der Waals surface area contributed by atoms with Crippen molar-refractivity contribution in [3.05, 3.63) is 71.7 Å². The van der Waals surface area contributed by atoms with Gasteiger partial charge in [0.15, 0.2) is 0 Å². The average Bonchev–Trinajstić information content (AvgIpc) is 3.12. The van der Waals surface area contributed by atoms with Crippen LogP contribution in [0.4, 0.5) is 4.39 Å². The van der Waals surface area contributed by atoms with Gasteiger partial charge in [0.1, 0.15) is 5.82 Å². The number of ether oxygens (including phenoxy) is 1. The smallest absolute Gasteiger partial charge is 0.123 e. The number of rotatable bonds is 5. The van der Waals surface area contributed by atoms with E-state index in [-0.39, 0.29) is 11.9 Å². The minimum absolute atomic E-state index is 0.244. The Bertz CT molecular complexity index is 953. The van der Waals surface area contributed by atoms with Crippen LogP contribution in [-0.4, -0.2) is 40.5 Å². The Morgan fingerprint density at radius 1 is 1.18 bits per heavy atom. The number of aromatic nitrogens is 2. The predicted octanol–water partition coefficient (Wildman–Crippen LogP) is 4.60. The van der Waals surface area contributed by atoms with Gasteiger partial charge < -0.3 is 4.74 Å². The molecule has 1 fully saturated rings. The topological polar surface area (TPSA) is 30.3 Å². The lowest BCUT2D eigenvalue weighted by atomic mass is 10.1. The van der Waals surface area contributed by atoms with Gasteiger partial charge >= 0.3 is 0 Å². The van der Waals surface area contributed by atoms with Crippen LogP contribution in [-0.2, 0) is 11.3 Å². The fourth-order valence-electron chi connectivity index (χ4n) is 3.72. The minimum Gasteiger partial charge on any atom is -0.376 e. The Kier molecular flexibility index (Phi) is 5.55. The third-order valence-electron chi connectivity index (χ3n) is 5.23. The summed E-state index contributed by atoms with van der Waals surface area (Å²) in [4.78, 5) is 2.40. The van der Waals surface area contributed by atoms with Crippen LogP contribution in [0, 0.1) is 12.7 Å². The minimum atomic E-state index is -0.244. The molecule has 0 spiro atoms. The third-order valence-corrected chi connectivity index (χ3v) is 5.23. The molecular weight excluding hydrogens is 353 g/mol. The van der Waals surface area contributed by atoms with E-state index in [2.05, 4.69) is 37.1 Å². The highest BCUT2D eigenvalue weighted by Crippen LogP contribution is 2.26. The molecule has 0 unspecified atom stereocenters. The molecule has 0 amide bonds. The Balaban J connectivity index is 1.70. The molecule has 1 aliphatic rings. The van der Waals surface area contributed by atoms with E-state index < -0.39 is 0 Å². The maximum atomic E-state index is 13.9. The molecule has 1 aromatic heterocycles. The van der Waals surface area contributed by atoms with E-state index >= 15 is 0 Å². The number of nitrogens with zero attached hydrogens (tertiary/aromatic N) is 3. The summed E-state index contributed by atoms with van der Waals surface area (Å²) in [5.41, 5.74) is 4.93. The van der Waals surface area contributed by atoms with Crippen LogP contribution < -0.4 is 0 Å². The van der Waals surface area contributed by atoms with Crippen molar-refractivity contribution in [3.8, 4) is 16.9 Å². The van der Waals surface area contributed by atoms with Crippen LogP contribution in [0.15, 0.2) is 54.7 Å². The van der Waals surface area contributed by atoms with Crippen LogP contribution in [0.3, 0.4) is 0 Å². The van der Waals surface area contributed by atoms with Gasteiger partial charge in [-0.05, 0) is 43.2 Å². The van der Waals surface area contributed by atoms with Crippen molar-refractivity contribution >= 4 is 0 Å². The SMILES string of the molecule is CC[C@H]1CN(Cc2cn(-c3cccc(C)c3)nc2-c2cccc(F)c2)CCO1. The van der Waals surface area contributed by atoms with Crippen molar-refractivity contribution in [2.75, 3.05) is 19.7 Å². The van der Waals surface area contributed by atoms with Crippen molar-refractivity contribution in [2.45, 2.75) is 32.9 Å². The number of morpholine rings is 1. The Hall–Kier alpha value is -2.50. The van der Waals surface area contributed by atoms with E-state index in [1.165, 1.54) is 11.6 Å². The van der Waals surface area contributed by atoms with Gasteiger partial charge in [-0.15, -0.1) is 0 Å². The molecule has 28 heavy (non-hydrogen) atoms. The first-order valence-electron chi connectivity index (χ1n) is 9.88. The molecule has 0 bridgehead atoms. The number of hydrogen-bond donors (Lipinski definition) is 0. The fraction of sp³-hybridized carbons (Fsp3) is 0.348. The molecular formula is C23H26FN3O. The lowest BCUT2D eigenvalue weighted by Crippen LogP contribution is -2.41. The maximum absolute atomic E-state index is 13.9. The van der Waals surface area contributed by atoms with Crippen molar-refractivity contribution in [1.29, 1.82) is 0 Å². The number of aryl methyl sites for hydroxylation is 1. The van der Waals surface area contributed by atoms with E-state index in [9.17, 15) is 4.39 Å². The molecule has 4 nitrogen and oxygen atoms in total. The summed E-state index contributed by atoms with van der Waals surface area (Å²) < 4.78 is 21.6. The quantitative estimate of drug-likeness (QED) is 0.649. The van der Waals surface area contributed by atoms with Gasteiger partial charge in [-0.3, -0.25) is 4.90 Å². The van der Waals surface area contributed by atoms with Crippen LogP contribution in [0.5, 0.6) is 0 Å². The molecule has 4 rings (SSSR count). The van der Waals surface area contributed by atoms with E-state index in [1.54, 1.807) is 12.1 Å². The Morgan fingerprint density at radius 3 is 2.82 bits per heavy atom. The second-order valence-electron chi connectivity index (χ2n) is 7.43. The van der Waals surface area contributed by atoms with Crippen molar-refractivity contribution < 1.29 is 9.13 Å². The normalized spacial score (nSPS) is 17.8. The van der Waals surface area contributed by atoms with Crippen LogP contribution >= 0.6 is 0 Å². The van der Waals surface area contributed by atoms with Gasteiger partial charge in [0.2, 0.25) is 0 Å². The summed E-state index contributed by atoms with van der Waals surface area (Å²) in [6, 6.07) is 14.9. The first kappa shape index (κ1) is 18.8. The zero-order chi connectivity index (χ0) is 19.5. The highest BCUT2D eigenvalue weighted by Gasteiger charge is 2.22. The molecule has 1 atom stereocenters. The first-order valence-corrected chi connectivity index (χ1v) is 9.88. The van der Waals surface area contributed by atoms with Gasteiger partial charge in [-0.1, -0.05) is 31.2 Å². The summed E-state index contributed by atoms with van der Waals surface area (Å²) in [5.74, 6) is -0.244. The maximum Gasteiger partial charge on any atom is 0.123 e. The van der Waals surface area contributed by atoms with Gasteiger partial charge in [-0.25, -0.2) is 9.07 Å². The van der Waals surface area contributed by atoms with E-state index in [1.807, 2.05) is 22.9 Å². The van der Waals surface area contributed by atoms with Crippen molar-refractivity contribution in [1.82, 2.24) is 14.7 Å². The van der Waals surface area contributed by atoms with Crippen LogP contribution in [0.25, 0.3) is 16.9 Å². The molecule has 1 aliphatic heterocycles. The molecule has 2 heterocycles. The van der Waals surface area contributed by atoms with Crippen molar-refractivity contribution in [3.63, 3.8) is 0 Å².